The van der Waals surface area contributed by atoms with Crippen LogP contribution in [-0.4, -0.2) is 46.8 Å². The summed E-state index contributed by atoms with van der Waals surface area (Å²) >= 11 is 0. The molecule has 2 heterocycles. The van der Waals surface area contributed by atoms with Crippen LogP contribution in [0.5, 0.6) is 0 Å². The van der Waals surface area contributed by atoms with Gasteiger partial charge in [-0.25, -0.2) is 0 Å². The molecule has 106 valence electrons. The van der Waals surface area contributed by atoms with Gasteiger partial charge in [0.2, 0.25) is 11.8 Å². The van der Waals surface area contributed by atoms with E-state index in [2.05, 4.69) is 10.5 Å². The normalized spacial score (nSPS) is 20.7. The Kier molecular flexibility index (Phi) is 4.55. The minimum atomic E-state index is -0.320. The second kappa shape index (κ2) is 6.16. The summed E-state index contributed by atoms with van der Waals surface area (Å²) in [7, 11) is 0. The molecule has 1 saturated heterocycles. The van der Waals surface area contributed by atoms with Crippen molar-refractivity contribution < 1.29 is 14.4 Å². The van der Waals surface area contributed by atoms with Gasteiger partial charge in [0.1, 0.15) is 0 Å². The molecule has 1 amide bonds. The topological polar surface area (TPSA) is 78.6 Å². The van der Waals surface area contributed by atoms with Gasteiger partial charge in [-0.05, 0) is 25.3 Å². The zero-order chi connectivity index (χ0) is 13.8. The van der Waals surface area contributed by atoms with E-state index in [0.717, 1.165) is 25.1 Å². The standard InChI is InChI=1S/C13H21N3O3/c1-9(2)11-6-13(19-15-11)14-12(18)8-16-5-3-4-10(17)7-16/h6,9-10,17H,3-5,7-8H2,1-2H3,(H,14,18). The first kappa shape index (κ1) is 14.0. The predicted molar refractivity (Wildman–Crippen MR) is 70.9 cm³/mol. The van der Waals surface area contributed by atoms with Crippen molar-refractivity contribution in [2.75, 3.05) is 25.0 Å². The van der Waals surface area contributed by atoms with Gasteiger partial charge in [-0.1, -0.05) is 19.0 Å². The number of aliphatic hydroxyl groups excluding tert-OH is 1. The van der Waals surface area contributed by atoms with E-state index in [1.807, 2.05) is 18.7 Å². The highest BCUT2D eigenvalue weighted by Crippen LogP contribution is 2.17. The number of amides is 1. The van der Waals surface area contributed by atoms with Gasteiger partial charge in [0.15, 0.2) is 0 Å². The average Bonchev–Trinajstić information content (AvgIpc) is 2.77. The first-order valence-electron chi connectivity index (χ1n) is 6.71. The predicted octanol–water partition coefficient (Wildman–Crippen LogP) is 1.19. The lowest BCUT2D eigenvalue weighted by Gasteiger charge is -2.29. The van der Waals surface area contributed by atoms with Crippen molar-refractivity contribution in [1.29, 1.82) is 0 Å². The van der Waals surface area contributed by atoms with Crippen LogP contribution in [0.2, 0.25) is 0 Å². The van der Waals surface area contributed by atoms with Crippen molar-refractivity contribution in [3.05, 3.63) is 11.8 Å². The van der Waals surface area contributed by atoms with E-state index in [1.165, 1.54) is 0 Å². The largest absolute Gasteiger partial charge is 0.392 e. The number of rotatable bonds is 4. The lowest BCUT2D eigenvalue weighted by molar-refractivity contribution is -0.118. The van der Waals surface area contributed by atoms with Gasteiger partial charge in [-0.3, -0.25) is 15.0 Å². The highest BCUT2D eigenvalue weighted by Gasteiger charge is 2.20. The lowest BCUT2D eigenvalue weighted by Crippen LogP contribution is -2.42. The molecule has 2 N–H and O–H groups in total. The maximum absolute atomic E-state index is 11.8. The molecule has 1 atom stereocenters. The first-order valence-corrected chi connectivity index (χ1v) is 6.71. The Labute approximate surface area is 112 Å². The smallest absolute Gasteiger partial charge is 0.240 e. The lowest BCUT2D eigenvalue weighted by atomic mass is 10.1. The minimum absolute atomic E-state index is 0.138. The fraction of sp³-hybridized carbons (Fsp3) is 0.692. The Balaban J connectivity index is 1.83. The number of likely N-dealkylation sites (tertiary alicyclic amines) is 1. The molecule has 0 bridgehead atoms. The van der Waals surface area contributed by atoms with Gasteiger partial charge in [-0.2, -0.15) is 0 Å². The Morgan fingerprint density at radius 3 is 3.11 bits per heavy atom. The van der Waals surface area contributed by atoms with Crippen LogP contribution >= 0.6 is 0 Å². The summed E-state index contributed by atoms with van der Waals surface area (Å²) in [6.45, 7) is 5.70. The second-order valence-corrected chi connectivity index (χ2v) is 5.35. The highest BCUT2D eigenvalue weighted by molar-refractivity contribution is 5.90. The molecular formula is C13H21N3O3. The average molecular weight is 267 g/mol. The zero-order valence-electron chi connectivity index (χ0n) is 11.4. The molecule has 19 heavy (non-hydrogen) atoms. The monoisotopic (exact) mass is 267 g/mol. The number of nitrogens with one attached hydrogen (secondary N) is 1. The van der Waals surface area contributed by atoms with E-state index < -0.39 is 0 Å². The summed E-state index contributed by atoms with van der Waals surface area (Å²) in [5.41, 5.74) is 0.823. The molecule has 1 fully saturated rings. The minimum Gasteiger partial charge on any atom is -0.392 e. The number of aromatic nitrogens is 1. The van der Waals surface area contributed by atoms with Crippen molar-refractivity contribution >= 4 is 11.8 Å². The number of anilines is 1. The quantitative estimate of drug-likeness (QED) is 0.856. The number of hydrogen-bond acceptors (Lipinski definition) is 5. The first-order chi connectivity index (χ1) is 9.04. The molecule has 1 aliphatic heterocycles. The summed E-state index contributed by atoms with van der Waals surface area (Å²) in [6, 6.07) is 1.74. The molecule has 0 spiro atoms. The van der Waals surface area contributed by atoms with Crippen LogP contribution in [0.25, 0.3) is 0 Å². The third-order valence-electron chi connectivity index (χ3n) is 3.23. The van der Waals surface area contributed by atoms with Crippen molar-refractivity contribution in [3.63, 3.8) is 0 Å². The number of carbonyl (C=O) groups excluding carboxylic acids is 1. The summed E-state index contributed by atoms with van der Waals surface area (Å²) in [5, 5.41) is 16.1. The van der Waals surface area contributed by atoms with E-state index in [-0.39, 0.29) is 24.5 Å². The molecule has 1 aromatic rings. The summed E-state index contributed by atoms with van der Waals surface area (Å²) in [6.07, 6.45) is 1.42. The van der Waals surface area contributed by atoms with Crippen LogP contribution in [0.15, 0.2) is 10.6 Å². The molecule has 0 radical (unpaired) electrons. The molecule has 1 unspecified atom stereocenters. The van der Waals surface area contributed by atoms with Gasteiger partial charge in [-0.15, -0.1) is 0 Å². The molecule has 0 saturated carbocycles. The molecule has 6 heteroatoms. The van der Waals surface area contributed by atoms with E-state index in [9.17, 15) is 9.90 Å². The van der Waals surface area contributed by atoms with Crippen LogP contribution in [0.1, 0.15) is 38.3 Å². The second-order valence-electron chi connectivity index (χ2n) is 5.35. The molecule has 1 aliphatic rings. The van der Waals surface area contributed by atoms with Crippen LogP contribution in [0.3, 0.4) is 0 Å². The number of aliphatic hydroxyl groups is 1. The molecule has 2 rings (SSSR count). The van der Waals surface area contributed by atoms with Gasteiger partial charge < -0.3 is 9.63 Å². The van der Waals surface area contributed by atoms with Gasteiger partial charge in [0.25, 0.3) is 0 Å². The Morgan fingerprint density at radius 1 is 1.68 bits per heavy atom. The van der Waals surface area contributed by atoms with Crippen molar-refractivity contribution in [1.82, 2.24) is 10.1 Å². The molecule has 0 aliphatic carbocycles. The maximum atomic E-state index is 11.8. The molecule has 1 aromatic heterocycles. The number of β-amino-alcohol motifs (C(OH)–C–C–N with tert-alkyl or cyclic N) is 1. The molecular weight excluding hydrogens is 246 g/mol. The summed E-state index contributed by atoms with van der Waals surface area (Å²) in [4.78, 5) is 13.8. The van der Waals surface area contributed by atoms with Gasteiger partial charge in [0, 0.05) is 12.6 Å². The molecule has 0 aromatic carbocycles. The fourth-order valence-electron chi connectivity index (χ4n) is 2.17. The Morgan fingerprint density at radius 2 is 2.47 bits per heavy atom. The summed E-state index contributed by atoms with van der Waals surface area (Å²) in [5.74, 6) is 0.512. The third-order valence-corrected chi connectivity index (χ3v) is 3.23. The summed E-state index contributed by atoms with van der Waals surface area (Å²) < 4.78 is 5.06. The van der Waals surface area contributed by atoms with Gasteiger partial charge in [0.05, 0.1) is 18.3 Å². The van der Waals surface area contributed by atoms with Gasteiger partial charge >= 0.3 is 0 Å². The fourth-order valence-corrected chi connectivity index (χ4v) is 2.17. The van der Waals surface area contributed by atoms with Crippen LogP contribution in [-0.2, 0) is 4.79 Å². The van der Waals surface area contributed by atoms with Crippen molar-refractivity contribution in [2.45, 2.75) is 38.7 Å². The maximum Gasteiger partial charge on any atom is 0.240 e. The molecule has 6 nitrogen and oxygen atoms in total. The number of hydrogen-bond donors (Lipinski definition) is 2. The van der Waals surface area contributed by atoms with Crippen LogP contribution < -0.4 is 5.32 Å². The van der Waals surface area contributed by atoms with E-state index in [4.69, 9.17) is 4.52 Å². The zero-order valence-corrected chi connectivity index (χ0v) is 11.4. The highest BCUT2D eigenvalue weighted by atomic mass is 16.5. The SMILES string of the molecule is CC(C)c1cc(NC(=O)CN2CCCC(O)C2)on1. The Bertz CT molecular complexity index is 431. The van der Waals surface area contributed by atoms with Crippen LogP contribution in [0, 0.1) is 0 Å². The van der Waals surface area contributed by atoms with E-state index in [0.29, 0.717) is 12.4 Å². The number of carbonyl (C=O) groups is 1. The third kappa shape index (κ3) is 4.04. The number of nitrogens with zero attached hydrogens (tertiary/aromatic N) is 2. The van der Waals surface area contributed by atoms with Crippen molar-refractivity contribution in [2.24, 2.45) is 0 Å². The van der Waals surface area contributed by atoms with Crippen LogP contribution in [0.4, 0.5) is 5.88 Å². The number of piperidine rings is 1. The Hall–Kier alpha value is -1.40. The van der Waals surface area contributed by atoms with E-state index in [1.54, 1.807) is 6.07 Å². The van der Waals surface area contributed by atoms with E-state index >= 15 is 0 Å². The van der Waals surface area contributed by atoms with Crippen molar-refractivity contribution in [3.8, 4) is 0 Å².